The Labute approximate surface area is 174 Å². The molecule has 2 N–H and O–H groups in total. The molecule has 0 saturated carbocycles. The number of carbonyl (C=O) groups excluding carboxylic acids is 3. The third-order valence-electron chi connectivity index (χ3n) is 4.76. The number of carbonyl (C=O) groups is 3. The van der Waals surface area contributed by atoms with E-state index in [4.69, 9.17) is 9.39 Å². The molecule has 2 rings (SSSR count). The smallest absolute Gasteiger partial charge is 0.534 e. The fourth-order valence-electron chi connectivity index (χ4n) is 2.95. The van der Waals surface area contributed by atoms with Gasteiger partial charge in [-0.25, -0.2) is 13.6 Å². The molecule has 1 atom stereocenters. The largest absolute Gasteiger partial charge is 0.547 e. The minimum atomic E-state index is -1.55. The first-order valence-electron chi connectivity index (χ1n) is 9.81. The van der Waals surface area contributed by atoms with Crippen LogP contribution >= 0.6 is 0 Å². The van der Waals surface area contributed by atoms with Crippen LogP contribution in [0.15, 0.2) is 6.07 Å². The summed E-state index contributed by atoms with van der Waals surface area (Å²) >= 11 is 0. The molecule has 1 aromatic rings. The van der Waals surface area contributed by atoms with Crippen molar-refractivity contribution in [2.24, 2.45) is 5.41 Å². The zero-order valence-corrected chi connectivity index (χ0v) is 17.5. The summed E-state index contributed by atoms with van der Waals surface area (Å²) in [5.41, 5.74) is -1.16. The second kappa shape index (κ2) is 9.55. The number of esters is 1. The Kier molecular flexibility index (Phi) is 7.57. The minimum absolute atomic E-state index is 0.0144. The van der Waals surface area contributed by atoms with Gasteiger partial charge in [-0.05, 0) is 24.5 Å². The van der Waals surface area contributed by atoms with Gasteiger partial charge in [-0.15, -0.1) is 0 Å². The molecule has 0 saturated heterocycles. The van der Waals surface area contributed by atoms with E-state index in [9.17, 15) is 28.2 Å². The van der Waals surface area contributed by atoms with Crippen molar-refractivity contribution in [1.29, 1.82) is 0 Å². The molecular weight excluding hydrogens is 399 g/mol. The zero-order chi connectivity index (χ0) is 22.6. The maximum absolute atomic E-state index is 14.4. The van der Waals surface area contributed by atoms with Crippen LogP contribution in [0, 0.1) is 17.0 Å². The number of amides is 1. The van der Waals surface area contributed by atoms with Gasteiger partial charge in [0.05, 0.1) is 12.5 Å². The van der Waals surface area contributed by atoms with E-state index in [1.807, 2.05) is 0 Å². The van der Waals surface area contributed by atoms with Crippen LogP contribution in [0.4, 0.5) is 8.78 Å². The molecule has 1 aliphatic heterocycles. The molecule has 0 fully saturated rings. The molecule has 0 aromatic heterocycles. The number of halogens is 2. The van der Waals surface area contributed by atoms with E-state index < -0.39 is 41.6 Å². The van der Waals surface area contributed by atoms with Gasteiger partial charge in [0.1, 0.15) is 17.1 Å². The SMILES string of the molecule is CCC(=O)N[C@H]1Cc2cc(F)c(F)c(C(=O)OCCCC(=O)C(C)(C)C)c2OB1O. The molecule has 0 spiro atoms. The number of ether oxygens (including phenoxy) is 1. The normalized spacial score (nSPS) is 15.8. The highest BCUT2D eigenvalue weighted by Gasteiger charge is 2.40. The number of Topliss-reactive ketones (excluding diaryl/α,β-unsaturated/α-hetero) is 1. The second-order valence-electron chi connectivity index (χ2n) is 8.19. The second-order valence-corrected chi connectivity index (χ2v) is 8.19. The molecule has 0 radical (unpaired) electrons. The summed E-state index contributed by atoms with van der Waals surface area (Å²) in [7, 11) is -1.55. The summed E-state index contributed by atoms with van der Waals surface area (Å²) in [5.74, 6) is -5.44. The third-order valence-corrected chi connectivity index (χ3v) is 4.76. The highest BCUT2D eigenvalue weighted by molar-refractivity contribution is 6.47. The summed E-state index contributed by atoms with van der Waals surface area (Å²) in [6.07, 6.45) is 0.521. The fourth-order valence-corrected chi connectivity index (χ4v) is 2.95. The van der Waals surface area contributed by atoms with Gasteiger partial charge < -0.3 is 19.7 Å². The van der Waals surface area contributed by atoms with Gasteiger partial charge in [0.25, 0.3) is 0 Å². The average Bonchev–Trinajstić information content (AvgIpc) is 2.66. The van der Waals surface area contributed by atoms with Crippen molar-refractivity contribution in [2.45, 2.75) is 59.3 Å². The Morgan fingerprint density at radius 3 is 2.60 bits per heavy atom. The van der Waals surface area contributed by atoms with Crippen molar-refractivity contribution in [3.8, 4) is 5.75 Å². The summed E-state index contributed by atoms with van der Waals surface area (Å²) in [5, 5.41) is 12.7. The van der Waals surface area contributed by atoms with Gasteiger partial charge in [0.15, 0.2) is 11.6 Å². The first kappa shape index (κ1) is 23.8. The first-order valence-corrected chi connectivity index (χ1v) is 9.81. The number of hydrogen-bond acceptors (Lipinski definition) is 6. The summed E-state index contributed by atoms with van der Waals surface area (Å²) in [6.45, 7) is 6.78. The van der Waals surface area contributed by atoms with Crippen LogP contribution in [-0.2, 0) is 20.7 Å². The minimum Gasteiger partial charge on any atom is -0.534 e. The lowest BCUT2D eigenvalue weighted by atomic mass is 9.72. The van der Waals surface area contributed by atoms with Gasteiger partial charge in [-0.3, -0.25) is 9.59 Å². The average molecular weight is 425 g/mol. The van der Waals surface area contributed by atoms with E-state index in [1.165, 1.54) is 0 Å². The van der Waals surface area contributed by atoms with Crippen LogP contribution in [0.2, 0.25) is 0 Å². The molecule has 1 aliphatic rings. The van der Waals surface area contributed by atoms with Gasteiger partial charge in [0, 0.05) is 18.3 Å². The summed E-state index contributed by atoms with van der Waals surface area (Å²) in [6, 6.07) is 0.862. The number of nitrogens with one attached hydrogen (secondary N) is 1. The molecule has 10 heteroatoms. The van der Waals surface area contributed by atoms with Crippen LogP contribution in [-0.4, -0.2) is 42.4 Å². The lowest BCUT2D eigenvalue weighted by Crippen LogP contribution is -2.53. The van der Waals surface area contributed by atoms with Gasteiger partial charge >= 0.3 is 13.1 Å². The van der Waals surface area contributed by atoms with Crippen molar-refractivity contribution in [3.05, 3.63) is 28.8 Å². The zero-order valence-electron chi connectivity index (χ0n) is 17.5. The monoisotopic (exact) mass is 425 g/mol. The van der Waals surface area contributed by atoms with Crippen molar-refractivity contribution in [3.63, 3.8) is 0 Å². The molecule has 0 aliphatic carbocycles. The molecule has 0 unspecified atom stereocenters. The molecule has 0 bridgehead atoms. The summed E-state index contributed by atoms with van der Waals surface area (Å²) in [4.78, 5) is 35.9. The first-order chi connectivity index (χ1) is 14.0. The number of hydrogen-bond donors (Lipinski definition) is 2. The third kappa shape index (κ3) is 5.56. The maximum Gasteiger partial charge on any atom is 0.547 e. The van der Waals surface area contributed by atoms with Crippen molar-refractivity contribution >= 4 is 24.8 Å². The number of ketones is 1. The maximum atomic E-state index is 14.4. The van der Waals surface area contributed by atoms with Crippen LogP contribution in [0.5, 0.6) is 5.75 Å². The quantitative estimate of drug-likeness (QED) is 0.395. The predicted molar refractivity (Wildman–Crippen MR) is 105 cm³/mol. The Morgan fingerprint density at radius 1 is 1.33 bits per heavy atom. The molecule has 1 aromatic carbocycles. The lowest BCUT2D eigenvalue weighted by Gasteiger charge is -2.29. The van der Waals surface area contributed by atoms with Crippen LogP contribution in [0.25, 0.3) is 0 Å². The Hall–Kier alpha value is -2.49. The van der Waals surface area contributed by atoms with Crippen molar-refractivity contribution in [2.75, 3.05) is 6.61 Å². The standard InChI is InChI=1S/C20H26BF2NO6/c1-5-15(26)24-14-10-11-9-12(22)17(23)16(18(11)30-21(14)28)19(27)29-8-6-7-13(25)20(2,3)4/h9,14,28H,5-8,10H2,1-4H3,(H,24,26)/t14-/m0/s1. The van der Waals surface area contributed by atoms with Crippen molar-refractivity contribution < 1.29 is 37.6 Å². The van der Waals surface area contributed by atoms with E-state index in [0.717, 1.165) is 6.07 Å². The molecule has 1 heterocycles. The topological polar surface area (TPSA) is 102 Å². The molecule has 30 heavy (non-hydrogen) atoms. The predicted octanol–water partition coefficient (Wildman–Crippen LogP) is 2.37. The van der Waals surface area contributed by atoms with Crippen molar-refractivity contribution in [1.82, 2.24) is 5.32 Å². The van der Waals surface area contributed by atoms with Gasteiger partial charge in [-0.2, -0.15) is 0 Å². The van der Waals surface area contributed by atoms with Gasteiger partial charge in [-0.1, -0.05) is 27.7 Å². The van der Waals surface area contributed by atoms with Crippen LogP contribution in [0.1, 0.15) is 62.9 Å². The van der Waals surface area contributed by atoms with Crippen LogP contribution in [0.3, 0.4) is 0 Å². The number of rotatable bonds is 7. The van der Waals surface area contributed by atoms with E-state index >= 15 is 0 Å². The lowest BCUT2D eigenvalue weighted by molar-refractivity contribution is -0.126. The van der Waals surface area contributed by atoms with Crippen LogP contribution < -0.4 is 9.97 Å². The Balaban J connectivity index is 2.14. The van der Waals surface area contributed by atoms with Gasteiger partial charge in [0.2, 0.25) is 5.91 Å². The molecule has 7 nitrogen and oxygen atoms in total. The fraction of sp³-hybridized carbons (Fsp3) is 0.550. The Bertz CT molecular complexity index is 840. The highest BCUT2D eigenvalue weighted by Crippen LogP contribution is 2.34. The molecular formula is C20H26BF2NO6. The Morgan fingerprint density at radius 2 is 2.00 bits per heavy atom. The van der Waals surface area contributed by atoms with E-state index in [0.29, 0.717) is 0 Å². The van der Waals surface area contributed by atoms with E-state index in [2.05, 4.69) is 5.32 Å². The number of fused-ring (bicyclic) bond motifs is 1. The molecule has 164 valence electrons. The summed E-state index contributed by atoms with van der Waals surface area (Å²) < 4.78 is 38.7. The number of benzene rings is 1. The van der Waals surface area contributed by atoms with E-state index in [1.54, 1.807) is 27.7 Å². The molecule has 1 amide bonds. The highest BCUT2D eigenvalue weighted by atomic mass is 19.2. The van der Waals surface area contributed by atoms with E-state index in [-0.39, 0.29) is 55.3 Å².